The number of hydrogen-bond acceptors (Lipinski definition) is 4. The van der Waals surface area contributed by atoms with E-state index in [1.807, 2.05) is 6.07 Å². The van der Waals surface area contributed by atoms with Gasteiger partial charge in [-0.3, -0.25) is 0 Å². The van der Waals surface area contributed by atoms with Crippen LogP contribution >= 0.6 is 0 Å². The third-order valence-corrected chi connectivity index (χ3v) is 3.70. The first-order valence-corrected chi connectivity index (χ1v) is 6.90. The minimum absolute atomic E-state index is 0.599. The third-order valence-electron chi connectivity index (χ3n) is 3.70. The Hall–Kier alpha value is -1.59. The molecule has 0 radical (unpaired) electrons. The molecular weight excluding hydrogens is 238 g/mol. The van der Waals surface area contributed by atoms with E-state index in [9.17, 15) is 0 Å². The lowest BCUT2D eigenvalue weighted by Crippen LogP contribution is -2.49. The summed E-state index contributed by atoms with van der Waals surface area (Å²) >= 11 is 0. The molecule has 102 valence electrons. The number of aromatic amines is 1. The van der Waals surface area contributed by atoms with Gasteiger partial charge in [0.15, 0.2) is 0 Å². The summed E-state index contributed by atoms with van der Waals surface area (Å²) in [6.07, 6.45) is 2.88. The number of rotatable bonds is 4. The molecule has 2 aromatic rings. The van der Waals surface area contributed by atoms with Crippen molar-refractivity contribution in [3.05, 3.63) is 24.5 Å². The zero-order valence-corrected chi connectivity index (χ0v) is 11.3. The van der Waals surface area contributed by atoms with Crippen molar-refractivity contribution in [2.24, 2.45) is 0 Å². The number of H-pyrrole nitrogens is 1. The number of fused-ring (bicyclic) bond motifs is 1. The zero-order chi connectivity index (χ0) is 13.1. The van der Waals surface area contributed by atoms with Gasteiger partial charge in [-0.05, 0) is 31.7 Å². The maximum Gasteiger partial charge on any atom is 0.0931 e. The van der Waals surface area contributed by atoms with Crippen molar-refractivity contribution in [2.45, 2.75) is 12.5 Å². The second-order valence-electron chi connectivity index (χ2n) is 5.26. The summed E-state index contributed by atoms with van der Waals surface area (Å²) in [4.78, 5) is 9.75. The number of piperazine rings is 1. The standard InChI is InChI=1S/C14H21N5/c1-19-7-6-16-12(9-19)4-5-15-11-2-3-13-14(8-11)18-10-17-13/h2-3,8,10,12,15-16H,4-7,9H2,1H3,(H,17,18). The van der Waals surface area contributed by atoms with Crippen molar-refractivity contribution in [2.75, 3.05) is 38.5 Å². The fourth-order valence-electron chi connectivity index (χ4n) is 2.62. The van der Waals surface area contributed by atoms with E-state index >= 15 is 0 Å². The molecule has 5 nitrogen and oxygen atoms in total. The summed E-state index contributed by atoms with van der Waals surface area (Å²) in [5.74, 6) is 0. The van der Waals surface area contributed by atoms with Gasteiger partial charge in [-0.25, -0.2) is 4.98 Å². The van der Waals surface area contributed by atoms with Crippen LogP contribution in [0.4, 0.5) is 5.69 Å². The molecule has 1 aromatic carbocycles. The number of hydrogen-bond donors (Lipinski definition) is 3. The smallest absolute Gasteiger partial charge is 0.0931 e. The first-order valence-electron chi connectivity index (χ1n) is 6.90. The second-order valence-corrected chi connectivity index (χ2v) is 5.26. The predicted octanol–water partition coefficient (Wildman–Crippen LogP) is 1.27. The lowest BCUT2D eigenvalue weighted by atomic mass is 10.1. The van der Waals surface area contributed by atoms with Crippen LogP contribution in [0.15, 0.2) is 24.5 Å². The summed E-state index contributed by atoms with van der Waals surface area (Å²) < 4.78 is 0. The summed E-state index contributed by atoms with van der Waals surface area (Å²) in [6, 6.07) is 6.84. The Morgan fingerprint density at radius 2 is 2.42 bits per heavy atom. The molecule has 1 unspecified atom stereocenters. The molecule has 5 heteroatoms. The van der Waals surface area contributed by atoms with Gasteiger partial charge >= 0.3 is 0 Å². The quantitative estimate of drug-likeness (QED) is 0.774. The fourth-order valence-corrected chi connectivity index (χ4v) is 2.62. The molecule has 3 rings (SSSR count). The van der Waals surface area contributed by atoms with Crippen LogP contribution in [0.25, 0.3) is 11.0 Å². The molecule has 2 heterocycles. The number of aromatic nitrogens is 2. The molecule has 1 aliphatic heterocycles. The van der Waals surface area contributed by atoms with E-state index in [4.69, 9.17) is 0 Å². The predicted molar refractivity (Wildman–Crippen MR) is 78.5 cm³/mol. The summed E-state index contributed by atoms with van der Waals surface area (Å²) in [5.41, 5.74) is 3.25. The van der Waals surface area contributed by atoms with Crippen LogP contribution in [-0.4, -0.2) is 54.1 Å². The molecule has 0 saturated carbocycles. The first-order chi connectivity index (χ1) is 9.31. The Morgan fingerprint density at radius 3 is 3.32 bits per heavy atom. The van der Waals surface area contributed by atoms with Gasteiger partial charge in [0.05, 0.1) is 17.4 Å². The van der Waals surface area contributed by atoms with Crippen LogP contribution in [-0.2, 0) is 0 Å². The van der Waals surface area contributed by atoms with Crippen molar-refractivity contribution < 1.29 is 0 Å². The van der Waals surface area contributed by atoms with Crippen LogP contribution in [0.2, 0.25) is 0 Å². The normalized spacial score (nSPS) is 20.8. The molecule has 19 heavy (non-hydrogen) atoms. The van der Waals surface area contributed by atoms with E-state index in [0.29, 0.717) is 6.04 Å². The highest BCUT2D eigenvalue weighted by molar-refractivity contribution is 5.78. The minimum Gasteiger partial charge on any atom is -0.385 e. The lowest BCUT2D eigenvalue weighted by Gasteiger charge is -2.31. The minimum atomic E-state index is 0.599. The molecule has 0 spiro atoms. The lowest BCUT2D eigenvalue weighted by molar-refractivity contribution is 0.234. The maximum atomic E-state index is 4.22. The molecule has 1 fully saturated rings. The first kappa shape index (κ1) is 12.4. The van der Waals surface area contributed by atoms with Crippen molar-refractivity contribution in [3.63, 3.8) is 0 Å². The Balaban J connectivity index is 1.51. The van der Waals surface area contributed by atoms with Gasteiger partial charge in [0, 0.05) is 37.9 Å². The van der Waals surface area contributed by atoms with E-state index in [1.54, 1.807) is 6.33 Å². The van der Waals surface area contributed by atoms with Gasteiger partial charge in [0.25, 0.3) is 0 Å². The second kappa shape index (κ2) is 5.59. The number of nitrogens with zero attached hydrogens (tertiary/aromatic N) is 2. The van der Waals surface area contributed by atoms with Crippen molar-refractivity contribution >= 4 is 16.7 Å². The number of likely N-dealkylation sites (N-methyl/N-ethyl adjacent to an activating group) is 1. The van der Waals surface area contributed by atoms with E-state index in [2.05, 4.69) is 44.7 Å². The summed E-state index contributed by atoms with van der Waals surface area (Å²) in [6.45, 7) is 4.38. The summed E-state index contributed by atoms with van der Waals surface area (Å²) in [7, 11) is 2.19. The number of anilines is 1. The molecule has 1 aliphatic rings. The Labute approximate surface area is 113 Å². The monoisotopic (exact) mass is 259 g/mol. The van der Waals surface area contributed by atoms with Gasteiger partial charge in [-0.1, -0.05) is 0 Å². The van der Waals surface area contributed by atoms with Crippen molar-refractivity contribution in [1.82, 2.24) is 20.2 Å². The van der Waals surface area contributed by atoms with E-state index < -0.39 is 0 Å². The summed E-state index contributed by atoms with van der Waals surface area (Å²) in [5, 5.41) is 7.05. The van der Waals surface area contributed by atoms with Crippen molar-refractivity contribution in [1.29, 1.82) is 0 Å². The number of benzene rings is 1. The molecular formula is C14H21N5. The van der Waals surface area contributed by atoms with Gasteiger partial charge in [-0.15, -0.1) is 0 Å². The van der Waals surface area contributed by atoms with Gasteiger partial charge in [0.1, 0.15) is 0 Å². The van der Waals surface area contributed by atoms with Gasteiger partial charge in [0.2, 0.25) is 0 Å². The molecule has 1 aromatic heterocycles. The zero-order valence-electron chi connectivity index (χ0n) is 11.3. The fraction of sp³-hybridized carbons (Fsp3) is 0.500. The van der Waals surface area contributed by atoms with Gasteiger partial charge < -0.3 is 20.5 Å². The van der Waals surface area contributed by atoms with Crippen LogP contribution in [0.1, 0.15) is 6.42 Å². The molecule has 0 aliphatic carbocycles. The number of nitrogens with one attached hydrogen (secondary N) is 3. The Kier molecular flexibility index (Phi) is 3.66. The van der Waals surface area contributed by atoms with Crippen LogP contribution in [0.5, 0.6) is 0 Å². The molecule has 1 atom stereocenters. The largest absolute Gasteiger partial charge is 0.385 e. The Morgan fingerprint density at radius 1 is 1.47 bits per heavy atom. The molecule has 0 amide bonds. The molecule has 0 bridgehead atoms. The Bertz CT molecular complexity index is 535. The SMILES string of the molecule is CN1CCNC(CCNc2ccc3nc[nH]c3c2)C1. The van der Waals surface area contributed by atoms with Crippen LogP contribution in [0.3, 0.4) is 0 Å². The average Bonchev–Trinajstić information content (AvgIpc) is 2.86. The molecule has 1 saturated heterocycles. The average molecular weight is 259 g/mol. The highest BCUT2D eigenvalue weighted by Gasteiger charge is 2.15. The van der Waals surface area contributed by atoms with E-state index in [1.165, 1.54) is 0 Å². The van der Waals surface area contributed by atoms with E-state index in [0.717, 1.165) is 49.3 Å². The number of imidazole rings is 1. The van der Waals surface area contributed by atoms with Gasteiger partial charge in [-0.2, -0.15) is 0 Å². The third kappa shape index (κ3) is 3.05. The van der Waals surface area contributed by atoms with Crippen LogP contribution in [0, 0.1) is 0 Å². The maximum absolute atomic E-state index is 4.22. The van der Waals surface area contributed by atoms with Crippen molar-refractivity contribution in [3.8, 4) is 0 Å². The highest BCUT2D eigenvalue weighted by atomic mass is 15.2. The van der Waals surface area contributed by atoms with E-state index in [-0.39, 0.29) is 0 Å². The highest BCUT2D eigenvalue weighted by Crippen LogP contribution is 2.15. The topological polar surface area (TPSA) is 56.0 Å². The molecule has 3 N–H and O–H groups in total. The van der Waals surface area contributed by atoms with Crippen LogP contribution < -0.4 is 10.6 Å².